The molecule has 0 N–H and O–H groups in total. The molecule has 0 bridgehead atoms. The molecule has 0 amide bonds. The fraction of sp³-hybridized carbons (Fsp3) is 0.278. The number of ketones is 1. The summed E-state index contributed by atoms with van der Waals surface area (Å²) in [5, 5.41) is 0.544. The molecule has 0 saturated heterocycles. The van der Waals surface area contributed by atoms with Crippen molar-refractivity contribution in [2.24, 2.45) is 0 Å². The maximum Gasteiger partial charge on any atom is 0.172 e. The van der Waals surface area contributed by atoms with Gasteiger partial charge in [0.1, 0.15) is 0 Å². The van der Waals surface area contributed by atoms with Crippen molar-refractivity contribution in [1.29, 1.82) is 0 Å². The summed E-state index contributed by atoms with van der Waals surface area (Å²) in [5.74, 6) is 0.787. The number of hydrogen-bond donors (Lipinski definition) is 0. The largest absolute Gasteiger partial charge is 0.293 e. The molecule has 1 atom stereocenters. The molecular formula is C18H20OS. The molecule has 2 rings (SSSR count). The maximum absolute atomic E-state index is 12.1. The first-order valence-corrected chi connectivity index (χ1v) is 8.06. The summed E-state index contributed by atoms with van der Waals surface area (Å²) in [6, 6.07) is 18.1. The Morgan fingerprint density at radius 3 is 2.20 bits per heavy atom. The van der Waals surface area contributed by atoms with Crippen LogP contribution in [0.25, 0.3) is 11.1 Å². The lowest BCUT2D eigenvalue weighted by Crippen LogP contribution is -2.05. The zero-order valence-corrected chi connectivity index (χ0v) is 12.8. The lowest BCUT2D eigenvalue weighted by Gasteiger charge is -2.08. The highest BCUT2D eigenvalue weighted by Gasteiger charge is 2.08. The van der Waals surface area contributed by atoms with E-state index in [1.165, 1.54) is 5.56 Å². The topological polar surface area (TPSA) is 17.1 Å². The smallest absolute Gasteiger partial charge is 0.172 e. The average molecular weight is 284 g/mol. The Morgan fingerprint density at radius 1 is 1.00 bits per heavy atom. The van der Waals surface area contributed by atoms with Crippen LogP contribution in [0.1, 0.15) is 30.6 Å². The third-order valence-electron chi connectivity index (χ3n) is 3.39. The Labute approximate surface area is 125 Å². The molecule has 0 radical (unpaired) electrons. The zero-order valence-electron chi connectivity index (χ0n) is 12.0. The van der Waals surface area contributed by atoms with Gasteiger partial charge < -0.3 is 0 Å². The lowest BCUT2D eigenvalue weighted by atomic mass is 10.0. The fourth-order valence-electron chi connectivity index (χ4n) is 1.90. The van der Waals surface area contributed by atoms with E-state index in [9.17, 15) is 4.79 Å². The number of carbonyl (C=O) groups is 1. The summed E-state index contributed by atoms with van der Waals surface area (Å²) >= 11 is 1.73. The second kappa shape index (κ2) is 7.30. The van der Waals surface area contributed by atoms with Crippen LogP contribution in [0.5, 0.6) is 0 Å². The highest BCUT2D eigenvalue weighted by Crippen LogP contribution is 2.21. The van der Waals surface area contributed by atoms with E-state index < -0.39 is 0 Å². The molecule has 0 spiro atoms. The van der Waals surface area contributed by atoms with Crippen molar-refractivity contribution in [1.82, 2.24) is 0 Å². The van der Waals surface area contributed by atoms with Crippen molar-refractivity contribution >= 4 is 17.5 Å². The Hall–Kier alpha value is -1.54. The molecule has 0 aliphatic carbocycles. The van der Waals surface area contributed by atoms with Crippen LogP contribution in [0.4, 0.5) is 0 Å². The van der Waals surface area contributed by atoms with Crippen LogP contribution < -0.4 is 0 Å². The highest BCUT2D eigenvalue weighted by molar-refractivity contribution is 8.00. The van der Waals surface area contributed by atoms with Crippen molar-refractivity contribution in [2.45, 2.75) is 25.5 Å². The van der Waals surface area contributed by atoms with Crippen LogP contribution in [-0.4, -0.2) is 16.8 Å². The van der Waals surface area contributed by atoms with Gasteiger partial charge in [0.15, 0.2) is 5.78 Å². The van der Waals surface area contributed by atoms with Gasteiger partial charge >= 0.3 is 0 Å². The van der Waals surface area contributed by atoms with Gasteiger partial charge in [-0.1, -0.05) is 68.4 Å². The van der Waals surface area contributed by atoms with Gasteiger partial charge in [-0.2, -0.15) is 11.8 Å². The van der Waals surface area contributed by atoms with E-state index in [1.807, 2.05) is 42.5 Å². The van der Waals surface area contributed by atoms with Crippen molar-refractivity contribution in [3.8, 4) is 11.1 Å². The first-order chi connectivity index (χ1) is 9.70. The molecule has 0 saturated carbocycles. The molecule has 104 valence electrons. The summed E-state index contributed by atoms with van der Waals surface area (Å²) in [5.41, 5.74) is 3.14. The maximum atomic E-state index is 12.1. The Bertz CT molecular complexity index is 545. The number of benzene rings is 2. The van der Waals surface area contributed by atoms with Crippen LogP contribution >= 0.6 is 11.8 Å². The normalized spacial score (nSPS) is 12.1. The van der Waals surface area contributed by atoms with Crippen molar-refractivity contribution in [3.05, 3.63) is 60.2 Å². The molecule has 1 nitrogen and oxygen atoms in total. The first kappa shape index (κ1) is 14.9. The zero-order chi connectivity index (χ0) is 14.4. The molecule has 1 unspecified atom stereocenters. The summed E-state index contributed by atoms with van der Waals surface area (Å²) in [6.07, 6.45) is 1.10. The molecule has 0 aliphatic heterocycles. The molecular weight excluding hydrogens is 264 g/mol. The van der Waals surface area contributed by atoms with E-state index in [0.29, 0.717) is 11.0 Å². The van der Waals surface area contributed by atoms with Gasteiger partial charge in [0, 0.05) is 10.8 Å². The van der Waals surface area contributed by atoms with E-state index in [0.717, 1.165) is 17.5 Å². The monoisotopic (exact) mass is 284 g/mol. The second-order valence-corrected chi connectivity index (χ2v) is 6.32. The van der Waals surface area contributed by atoms with Gasteiger partial charge in [-0.05, 0) is 17.5 Å². The van der Waals surface area contributed by atoms with E-state index in [-0.39, 0.29) is 5.78 Å². The highest BCUT2D eigenvalue weighted by atomic mass is 32.2. The summed E-state index contributed by atoms with van der Waals surface area (Å²) in [7, 11) is 0. The van der Waals surface area contributed by atoms with E-state index in [1.54, 1.807) is 11.8 Å². The van der Waals surface area contributed by atoms with Gasteiger partial charge in [-0.25, -0.2) is 0 Å². The molecule has 2 aromatic rings. The first-order valence-electron chi connectivity index (χ1n) is 7.01. The van der Waals surface area contributed by atoms with Crippen molar-refractivity contribution < 1.29 is 4.79 Å². The van der Waals surface area contributed by atoms with Gasteiger partial charge in [0.2, 0.25) is 0 Å². The minimum atomic E-state index is 0.218. The lowest BCUT2D eigenvalue weighted by molar-refractivity contribution is 0.102. The molecule has 2 aromatic carbocycles. The van der Waals surface area contributed by atoms with E-state index >= 15 is 0 Å². The predicted molar refractivity (Wildman–Crippen MR) is 88.4 cm³/mol. The van der Waals surface area contributed by atoms with E-state index in [2.05, 4.69) is 26.0 Å². The summed E-state index contributed by atoms with van der Waals surface area (Å²) in [4.78, 5) is 12.1. The predicted octanol–water partition coefficient (Wildman–Crippen LogP) is 5.07. The third kappa shape index (κ3) is 3.97. The molecule has 0 fully saturated rings. The molecule has 0 heterocycles. The van der Waals surface area contributed by atoms with Gasteiger partial charge in [0.05, 0.1) is 5.75 Å². The minimum Gasteiger partial charge on any atom is -0.293 e. The number of carbonyl (C=O) groups excluding carboxylic acids is 1. The molecule has 0 aromatic heterocycles. The van der Waals surface area contributed by atoms with E-state index in [4.69, 9.17) is 0 Å². The van der Waals surface area contributed by atoms with Gasteiger partial charge in [0.25, 0.3) is 0 Å². The number of rotatable bonds is 6. The van der Waals surface area contributed by atoms with Gasteiger partial charge in [-0.15, -0.1) is 0 Å². The van der Waals surface area contributed by atoms with Crippen LogP contribution in [0, 0.1) is 0 Å². The number of Topliss-reactive ketones (excluding diaryl/α,β-unsaturated/α-hetero) is 1. The summed E-state index contributed by atoms with van der Waals surface area (Å²) < 4.78 is 0. The van der Waals surface area contributed by atoms with Crippen LogP contribution in [0.2, 0.25) is 0 Å². The van der Waals surface area contributed by atoms with Gasteiger partial charge in [-0.3, -0.25) is 4.79 Å². The molecule has 2 heteroatoms. The number of hydrogen-bond acceptors (Lipinski definition) is 2. The second-order valence-electron chi connectivity index (χ2n) is 4.90. The van der Waals surface area contributed by atoms with Crippen LogP contribution in [0.3, 0.4) is 0 Å². The number of thioether (sulfide) groups is 1. The van der Waals surface area contributed by atoms with Crippen LogP contribution in [-0.2, 0) is 0 Å². The SMILES string of the molecule is CCC(C)SCC(=O)c1ccc(-c2ccccc2)cc1. The Morgan fingerprint density at radius 2 is 1.60 bits per heavy atom. The Kier molecular flexibility index (Phi) is 5.42. The third-order valence-corrected chi connectivity index (χ3v) is 4.72. The minimum absolute atomic E-state index is 0.218. The molecule has 20 heavy (non-hydrogen) atoms. The fourth-order valence-corrected chi connectivity index (χ4v) is 2.74. The molecule has 0 aliphatic rings. The average Bonchev–Trinajstić information content (AvgIpc) is 2.53. The standard InChI is InChI=1S/C18H20OS/c1-3-14(2)20-13-18(19)17-11-9-16(10-12-17)15-7-5-4-6-8-15/h4-12,14H,3,13H2,1-2H3. The van der Waals surface area contributed by atoms with Crippen molar-refractivity contribution in [2.75, 3.05) is 5.75 Å². The quantitative estimate of drug-likeness (QED) is 0.689. The summed E-state index contributed by atoms with van der Waals surface area (Å²) in [6.45, 7) is 4.31. The van der Waals surface area contributed by atoms with Crippen molar-refractivity contribution in [3.63, 3.8) is 0 Å². The Balaban J connectivity index is 2.03. The van der Waals surface area contributed by atoms with Crippen LogP contribution in [0.15, 0.2) is 54.6 Å².